The van der Waals surface area contributed by atoms with Gasteiger partial charge in [0.05, 0.1) is 0 Å². The summed E-state index contributed by atoms with van der Waals surface area (Å²) >= 11 is 0. The average molecular weight is 178 g/mol. The van der Waals surface area contributed by atoms with Crippen LogP contribution in [0.5, 0.6) is 0 Å². The molecule has 11 heavy (non-hydrogen) atoms. The molecule has 0 aliphatic heterocycles. The second-order valence-corrected chi connectivity index (χ2v) is 2.01. The van der Waals surface area contributed by atoms with Crippen LogP contribution in [-0.2, 0) is 10.2 Å². The fourth-order valence-corrected chi connectivity index (χ4v) is 0.326. The van der Waals surface area contributed by atoms with Crippen LogP contribution in [0.3, 0.4) is 0 Å². The van der Waals surface area contributed by atoms with Crippen molar-refractivity contribution in [3.05, 3.63) is 20.9 Å². The van der Waals surface area contributed by atoms with Crippen molar-refractivity contribution in [3.8, 4) is 0 Å². The topological polar surface area (TPSA) is 132 Å². The van der Waals surface area contributed by atoms with E-state index in [0.29, 0.717) is 0 Å². The molecule has 0 N–H and O–H groups in total. The molecule has 0 aromatic rings. The smallest absolute Gasteiger partial charge is 0.213 e. The maximum Gasteiger partial charge on any atom is 0.321 e. The summed E-state index contributed by atoms with van der Waals surface area (Å²) < 4.78 is 24.3. The minimum absolute atomic E-state index is 1.90. The van der Waals surface area contributed by atoms with Crippen LogP contribution in [0.25, 0.3) is 20.9 Å². The molecule has 0 atom stereocenters. The number of rotatable bonds is 2. The first-order chi connectivity index (χ1) is 5.12. The Morgan fingerprint density at radius 1 is 1.09 bits per heavy atom. The molecule has 0 saturated heterocycles. The van der Waals surface area contributed by atoms with Crippen LogP contribution in [-0.4, -0.2) is 8.42 Å². The molecule has 8 nitrogen and oxygen atoms in total. The molecule has 0 bridgehead atoms. The summed E-state index contributed by atoms with van der Waals surface area (Å²) in [5.41, 5.74) is 15.0. The molecule has 0 amide bonds. The van der Waals surface area contributed by atoms with Crippen molar-refractivity contribution in [2.75, 3.05) is 0 Å². The Morgan fingerprint density at radius 2 is 1.36 bits per heavy atom. The summed E-state index contributed by atoms with van der Waals surface area (Å²) in [5.74, 6) is 0. The van der Waals surface area contributed by atoms with E-state index in [1.165, 1.54) is 0 Å². The van der Waals surface area contributed by atoms with Crippen LogP contribution >= 0.6 is 0 Å². The summed E-state index contributed by atoms with van der Waals surface area (Å²) in [4.78, 5) is 3.80. The molecule has 0 rings (SSSR count). The molecule has 0 aromatic carbocycles. The molecular formula is C2H6N6O2S. The fourth-order valence-electron chi connectivity index (χ4n) is 0.109. The molecule has 62 valence electrons. The van der Waals surface area contributed by atoms with Crippen molar-refractivity contribution in [2.45, 2.75) is 13.8 Å². The van der Waals surface area contributed by atoms with E-state index in [0.717, 1.165) is 0 Å². The first-order valence-electron chi connectivity index (χ1n) is 2.50. The lowest BCUT2D eigenvalue weighted by atomic mass is 11.0. The van der Waals surface area contributed by atoms with E-state index in [1.54, 1.807) is 0 Å². The highest BCUT2D eigenvalue weighted by atomic mass is 32.2. The highest BCUT2D eigenvalue weighted by Crippen LogP contribution is 1.92. The Bertz CT molecular complexity index is 256. The van der Waals surface area contributed by atoms with Crippen LogP contribution < -0.4 is 0 Å². The maximum absolute atomic E-state index is 9.99. The van der Waals surface area contributed by atoms with Crippen LogP contribution in [0.4, 0.5) is 0 Å². The second kappa shape index (κ2) is 6.69. The monoisotopic (exact) mass is 178 g/mol. The number of nitrogens with zero attached hydrogens (tertiary/aromatic N) is 6. The fraction of sp³-hybridized carbons (Fsp3) is 1.00. The standard InChI is InChI=1S/C2H6.N6O2S/c1-2;1-3-5-9(7,8)6-4-2/h1-2H3;. The van der Waals surface area contributed by atoms with Gasteiger partial charge in [-0.15, -0.1) is 0 Å². The first-order valence-corrected chi connectivity index (χ1v) is 3.90. The lowest BCUT2D eigenvalue weighted by Crippen LogP contribution is -1.82. The van der Waals surface area contributed by atoms with E-state index in [9.17, 15) is 8.42 Å². The van der Waals surface area contributed by atoms with Gasteiger partial charge in [0.2, 0.25) is 0 Å². The Kier molecular flexibility index (Phi) is 7.46. The minimum atomic E-state index is -4.27. The van der Waals surface area contributed by atoms with Crippen molar-refractivity contribution >= 4 is 10.2 Å². The number of azide groups is 1. The molecule has 0 fully saturated rings. The van der Waals surface area contributed by atoms with Crippen LogP contribution in [0, 0.1) is 0 Å². The van der Waals surface area contributed by atoms with E-state index in [2.05, 4.69) is 9.04 Å². The molecule has 0 spiro atoms. The highest BCUT2D eigenvalue weighted by molar-refractivity contribution is 7.88. The van der Waals surface area contributed by atoms with Gasteiger partial charge in [-0.05, 0) is 11.1 Å². The Labute approximate surface area is 63.3 Å². The van der Waals surface area contributed by atoms with Crippen molar-refractivity contribution in [3.63, 3.8) is 0 Å². The van der Waals surface area contributed by atoms with Gasteiger partial charge in [0.25, 0.3) is 0 Å². The minimum Gasteiger partial charge on any atom is -0.213 e. The lowest BCUT2D eigenvalue weighted by molar-refractivity contribution is 0.599. The van der Waals surface area contributed by atoms with Gasteiger partial charge in [0, 0.05) is 18.9 Å². The molecule has 0 aliphatic rings. The third-order valence-electron chi connectivity index (χ3n) is 0.279. The molecule has 9 heteroatoms. The SMILES string of the molecule is CC.[N-]=[N+]=NS(=O)(=O)N=[N+]=[N-]. The normalized spacial score (nSPS) is 7.82. The Balaban J connectivity index is 0. The molecule has 0 radical (unpaired) electrons. The zero-order valence-electron chi connectivity index (χ0n) is 5.91. The Hall–Kier alpha value is -1.43. The average Bonchev–Trinajstić information content (AvgIpc) is 1.91. The molecule has 0 unspecified atom stereocenters. The second-order valence-electron chi connectivity index (χ2n) is 0.790. The van der Waals surface area contributed by atoms with Crippen molar-refractivity contribution < 1.29 is 8.42 Å². The van der Waals surface area contributed by atoms with Crippen molar-refractivity contribution in [1.82, 2.24) is 0 Å². The van der Waals surface area contributed by atoms with Crippen LogP contribution in [0.15, 0.2) is 9.04 Å². The van der Waals surface area contributed by atoms with E-state index < -0.39 is 10.2 Å². The Morgan fingerprint density at radius 3 is 1.55 bits per heavy atom. The van der Waals surface area contributed by atoms with E-state index in [-0.39, 0.29) is 0 Å². The molecular weight excluding hydrogens is 172 g/mol. The van der Waals surface area contributed by atoms with Crippen molar-refractivity contribution in [2.24, 2.45) is 9.04 Å². The zero-order chi connectivity index (χ0) is 9.33. The van der Waals surface area contributed by atoms with Gasteiger partial charge in [0.15, 0.2) is 0 Å². The van der Waals surface area contributed by atoms with E-state index in [1.807, 2.05) is 23.7 Å². The maximum atomic E-state index is 9.99. The van der Waals surface area contributed by atoms with Crippen LogP contribution in [0.1, 0.15) is 13.8 Å². The van der Waals surface area contributed by atoms with Gasteiger partial charge in [-0.1, -0.05) is 13.8 Å². The van der Waals surface area contributed by atoms with E-state index in [4.69, 9.17) is 11.1 Å². The molecule has 0 aliphatic carbocycles. The largest absolute Gasteiger partial charge is 0.321 e. The first kappa shape index (κ1) is 12.3. The van der Waals surface area contributed by atoms with Crippen LogP contribution in [0.2, 0.25) is 0 Å². The lowest BCUT2D eigenvalue weighted by Gasteiger charge is -1.73. The molecule has 0 aromatic heterocycles. The van der Waals surface area contributed by atoms with Gasteiger partial charge < -0.3 is 0 Å². The summed E-state index contributed by atoms with van der Waals surface area (Å²) in [6.45, 7) is 4.00. The van der Waals surface area contributed by atoms with Gasteiger partial charge in [0.1, 0.15) is 0 Å². The highest BCUT2D eigenvalue weighted by Gasteiger charge is 1.99. The van der Waals surface area contributed by atoms with Crippen molar-refractivity contribution in [1.29, 1.82) is 0 Å². The number of hydrogen-bond acceptors (Lipinski definition) is 2. The third-order valence-corrected chi connectivity index (χ3v) is 0.838. The van der Waals surface area contributed by atoms with Gasteiger partial charge in [-0.2, -0.15) is 0 Å². The summed E-state index contributed by atoms with van der Waals surface area (Å²) in [7, 11) is -4.27. The van der Waals surface area contributed by atoms with Gasteiger partial charge in [-0.25, -0.2) is 8.42 Å². The van der Waals surface area contributed by atoms with E-state index >= 15 is 0 Å². The van der Waals surface area contributed by atoms with Gasteiger partial charge >= 0.3 is 10.2 Å². The molecule has 0 heterocycles. The summed E-state index contributed by atoms with van der Waals surface area (Å²) in [6, 6.07) is 0. The quantitative estimate of drug-likeness (QED) is 0.362. The zero-order valence-corrected chi connectivity index (χ0v) is 6.72. The predicted molar refractivity (Wildman–Crippen MR) is 38.6 cm³/mol. The molecule has 0 saturated carbocycles. The third kappa shape index (κ3) is 8.57. The summed E-state index contributed by atoms with van der Waals surface area (Å²) in [6.07, 6.45) is 0. The number of hydrogen-bond donors (Lipinski definition) is 0. The predicted octanol–water partition coefficient (Wildman–Crippen LogP) is 1.88. The van der Waals surface area contributed by atoms with Gasteiger partial charge in [-0.3, -0.25) is 0 Å². The summed E-state index contributed by atoms with van der Waals surface area (Å²) in [5, 5.41) is 0.